The maximum absolute atomic E-state index is 12.7. The van der Waals surface area contributed by atoms with Crippen LogP contribution in [0.15, 0.2) is 46.0 Å². The fourth-order valence-electron chi connectivity index (χ4n) is 4.63. The maximum Gasteiger partial charge on any atom is 0.234 e. The van der Waals surface area contributed by atoms with E-state index >= 15 is 0 Å². The second-order valence-corrected chi connectivity index (χ2v) is 11.5. The lowest BCUT2D eigenvalue weighted by atomic mass is 9.95. The molecule has 1 heterocycles. The second kappa shape index (κ2) is 12.8. The van der Waals surface area contributed by atoms with E-state index < -0.39 is 0 Å². The van der Waals surface area contributed by atoms with Gasteiger partial charge in [0, 0.05) is 22.3 Å². The molecular formula is C28H35BrN4O3S. The van der Waals surface area contributed by atoms with Crippen LogP contribution in [0.5, 0.6) is 11.5 Å². The average Bonchev–Trinajstić information content (AvgIpc) is 3.31. The third kappa shape index (κ3) is 7.08. The smallest absolute Gasteiger partial charge is 0.234 e. The third-order valence-electron chi connectivity index (χ3n) is 6.63. The zero-order valence-electron chi connectivity index (χ0n) is 21.9. The Morgan fingerprint density at radius 1 is 1.19 bits per heavy atom. The number of carbonyl (C=O) groups is 1. The van der Waals surface area contributed by atoms with Crippen LogP contribution in [-0.2, 0) is 11.4 Å². The molecule has 0 bridgehead atoms. The van der Waals surface area contributed by atoms with E-state index in [0.29, 0.717) is 30.0 Å². The van der Waals surface area contributed by atoms with Crippen molar-refractivity contribution in [3.05, 3.63) is 57.8 Å². The van der Waals surface area contributed by atoms with Crippen molar-refractivity contribution in [1.82, 2.24) is 14.8 Å². The Kier molecular flexibility index (Phi) is 9.54. The van der Waals surface area contributed by atoms with Gasteiger partial charge in [-0.25, -0.2) is 0 Å². The van der Waals surface area contributed by atoms with Crippen molar-refractivity contribution in [2.45, 2.75) is 76.6 Å². The normalized spacial score (nSPS) is 14.1. The Hall–Kier alpha value is -2.52. The molecule has 0 aliphatic heterocycles. The summed E-state index contributed by atoms with van der Waals surface area (Å²) >= 11 is 5.06. The highest BCUT2D eigenvalue weighted by molar-refractivity contribution is 9.10. The molecule has 4 rings (SSSR count). The predicted molar refractivity (Wildman–Crippen MR) is 152 cm³/mol. The van der Waals surface area contributed by atoms with Crippen LogP contribution in [0.1, 0.15) is 74.9 Å². The van der Waals surface area contributed by atoms with Crippen molar-refractivity contribution in [3.63, 3.8) is 0 Å². The topological polar surface area (TPSA) is 78.3 Å². The standard InChI is InChI=1S/C28H35BrN4O3S/c1-18(2)23-15-24(29)19(3)13-25(23)36-16-26-31-32-28(33(26)21-10-6-5-7-11-21)37-17-27(34)30-20-9-8-12-22(14-20)35-4/h8-9,12-15,18,21H,5-7,10-11,16-17H2,1-4H3,(H,30,34). The van der Waals surface area contributed by atoms with Gasteiger partial charge < -0.3 is 14.8 Å². The van der Waals surface area contributed by atoms with Crippen LogP contribution in [0.4, 0.5) is 5.69 Å². The number of rotatable bonds is 10. The molecule has 1 fully saturated rings. The van der Waals surface area contributed by atoms with Crippen LogP contribution in [0.3, 0.4) is 0 Å². The molecule has 0 spiro atoms. The van der Waals surface area contributed by atoms with Crippen molar-refractivity contribution in [2.75, 3.05) is 18.2 Å². The van der Waals surface area contributed by atoms with Gasteiger partial charge in [-0.3, -0.25) is 9.36 Å². The van der Waals surface area contributed by atoms with Gasteiger partial charge in [-0.1, -0.05) is 66.9 Å². The number of amides is 1. The van der Waals surface area contributed by atoms with Crippen LogP contribution in [0, 0.1) is 6.92 Å². The largest absolute Gasteiger partial charge is 0.497 e. The molecule has 1 N–H and O–H groups in total. The lowest BCUT2D eigenvalue weighted by molar-refractivity contribution is -0.113. The van der Waals surface area contributed by atoms with Crippen LogP contribution < -0.4 is 14.8 Å². The molecule has 1 amide bonds. The molecule has 0 saturated heterocycles. The molecule has 1 saturated carbocycles. The monoisotopic (exact) mass is 586 g/mol. The second-order valence-electron chi connectivity index (χ2n) is 9.71. The van der Waals surface area contributed by atoms with Gasteiger partial charge >= 0.3 is 0 Å². The molecule has 1 aliphatic rings. The fraction of sp³-hybridized carbons (Fsp3) is 0.464. The van der Waals surface area contributed by atoms with Crippen LogP contribution >= 0.6 is 27.7 Å². The summed E-state index contributed by atoms with van der Waals surface area (Å²) in [5.41, 5.74) is 3.00. The average molecular weight is 588 g/mol. The Morgan fingerprint density at radius 3 is 2.70 bits per heavy atom. The highest BCUT2D eigenvalue weighted by Crippen LogP contribution is 2.35. The van der Waals surface area contributed by atoms with E-state index in [-0.39, 0.29) is 11.7 Å². The first-order valence-electron chi connectivity index (χ1n) is 12.8. The number of ether oxygens (including phenoxy) is 2. The van der Waals surface area contributed by atoms with Crippen molar-refractivity contribution in [3.8, 4) is 11.5 Å². The quantitative estimate of drug-likeness (QED) is 0.251. The molecule has 37 heavy (non-hydrogen) atoms. The van der Waals surface area contributed by atoms with Gasteiger partial charge in [-0.15, -0.1) is 10.2 Å². The number of benzene rings is 2. The van der Waals surface area contributed by atoms with Gasteiger partial charge in [0.15, 0.2) is 11.0 Å². The fourth-order valence-corrected chi connectivity index (χ4v) is 5.81. The molecule has 7 nitrogen and oxygen atoms in total. The summed E-state index contributed by atoms with van der Waals surface area (Å²) in [7, 11) is 1.61. The number of anilines is 1. The summed E-state index contributed by atoms with van der Waals surface area (Å²) in [6, 6.07) is 11.9. The predicted octanol–water partition coefficient (Wildman–Crippen LogP) is 7.30. The first-order valence-corrected chi connectivity index (χ1v) is 14.6. The van der Waals surface area contributed by atoms with E-state index in [4.69, 9.17) is 9.47 Å². The number of methoxy groups -OCH3 is 1. The SMILES string of the molecule is COc1cccc(NC(=O)CSc2nnc(COc3cc(C)c(Br)cc3C(C)C)n2C2CCCCC2)c1. The summed E-state index contributed by atoms with van der Waals surface area (Å²) in [4.78, 5) is 12.7. The van der Waals surface area contributed by atoms with E-state index in [1.807, 2.05) is 18.2 Å². The Morgan fingerprint density at radius 2 is 1.97 bits per heavy atom. The highest BCUT2D eigenvalue weighted by atomic mass is 79.9. The molecule has 3 aromatic rings. The molecule has 1 aromatic heterocycles. The number of aryl methyl sites for hydroxylation is 1. The highest BCUT2D eigenvalue weighted by Gasteiger charge is 2.24. The van der Waals surface area contributed by atoms with Crippen molar-refractivity contribution < 1.29 is 14.3 Å². The van der Waals surface area contributed by atoms with Gasteiger partial charge in [-0.05, 0) is 61.1 Å². The minimum atomic E-state index is -0.0961. The van der Waals surface area contributed by atoms with Gasteiger partial charge in [0.2, 0.25) is 5.91 Å². The first kappa shape index (κ1) is 27.5. The number of hydrogen-bond acceptors (Lipinski definition) is 6. The van der Waals surface area contributed by atoms with E-state index in [0.717, 1.165) is 45.2 Å². The van der Waals surface area contributed by atoms with Gasteiger partial charge in [-0.2, -0.15) is 0 Å². The summed E-state index contributed by atoms with van der Waals surface area (Å²) in [5.74, 6) is 2.86. The summed E-state index contributed by atoms with van der Waals surface area (Å²) in [5, 5.41) is 12.7. The summed E-state index contributed by atoms with van der Waals surface area (Å²) in [6.07, 6.45) is 5.80. The van der Waals surface area contributed by atoms with E-state index in [9.17, 15) is 4.79 Å². The van der Waals surface area contributed by atoms with Crippen molar-refractivity contribution >= 4 is 39.3 Å². The summed E-state index contributed by atoms with van der Waals surface area (Å²) < 4.78 is 14.9. The third-order valence-corrected chi connectivity index (χ3v) is 8.43. The zero-order chi connectivity index (χ0) is 26.4. The van der Waals surface area contributed by atoms with Crippen LogP contribution in [0.25, 0.3) is 0 Å². The van der Waals surface area contributed by atoms with Crippen molar-refractivity contribution in [2.24, 2.45) is 0 Å². The minimum absolute atomic E-state index is 0.0961. The number of carbonyl (C=O) groups excluding carboxylic acids is 1. The van der Waals surface area contributed by atoms with E-state index in [1.54, 1.807) is 13.2 Å². The zero-order valence-corrected chi connectivity index (χ0v) is 24.3. The number of aromatic nitrogens is 3. The van der Waals surface area contributed by atoms with E-state index in [2.05, 4.69) is 68.9 Å². The van der Waals surface area contributed by atoms with E-state index in [1.165, 1.54) is 31.0 Å². The lowest BCUT2D eigenvalue weighted by Gasteiger charge is -2.25. The number of nitrogens with zero attached hydrogens (tertiary/aromatic N) is 3. The minimum Gasteiger partial charge on any atom is -0.497 e. The Bertz CT molecular complexity index is 1220. The number of thioether (sulfide) groups is 1. The van der Waals surface area contributed by atoms with Gasteiger partial charge in [0.05, 0.1) is 12.9 Å². The van der Waals surface area contributed by atoms with Crippen molar-refractivity contribution in [1.29, 1.82) is 0 Å². The molecule has 1 aliphatic carbocycles. The molecule has 198 valence electrons. The number of hydrogen-bond donors (Lipinski definition) is 1. The molecule has 0 radical (unpaired) electrons. The van der Waals surface area contributed by atoms with Crippen LogP contribution in [0.2, 0.25) is 0 Å². The Labute approximate surface area is 231 Å². The lowest BCUT2D eigenvalue weighted by Crippen LogP contribution is -2.19. The first-order chi connectivity index (χ1) is 17.9. The van der Waals surface area contributed by atoms with Gasteiger partial charge in [0.25, 0.3) is 0 Å². The van der Waals surface area contributed by atoms with Gasteiger partial charge in [0.1, 0.15) is 18.1 Å². The molecule has 0 unspecified atom stereocenters. The molecular weight excluding hydrogens is 552 g/mol. The molecule has 2 aromatic carbocycles. The number of nitrogens with one attached hydrogen (secondary N) is 1. The maximum atomic E-state index is 12.7. The summed E-state index contributed by atoms with van der Waals surface area (Å²) in [6.45, 7) is 6.73. The van der Waals surface area contributed by atoms with Crippen LogP contribution in [-0.4, -0.2) is 33.5 Å². The number of halogens is 1. The Balaban J connectivity index is 1.49. The molecule has 0 atom stereocenters. The molecule has 9 heteroatoms.